The first-order valence-electron chi connectivity index (χ1n) is 8.48. The molecule has 3 rings (SSSR count). The standard InChI is InChI=1S/C20H21N3O3S/c1-13-18(27-20(23-13)14-5-4-7-21-12-14)6-8-22-19(24)15-9-16(25-2)11-17(10-15)26-3/h4-5,7,9-12H,6,8H2,1-3H3,(H,22,24). The van der Waals surface area contributed by atoms with Crippen LogP contribution < -0.4 is 14.8 Å². The van der Waals surface area contributed by atoms with E-state index in [-0.39, 0.29) is 5.91 Å². The summed E-state index contributed by atoms with van der Waals surface area (Å²) in [5.41, 5.74) is 2.49. The number of amides is 1. The number of nitrogens with zero attached hydrogens (tertiary/aromatic N) is 2. The summed E-state index contributed by atoms with van der Waals surface area (Å²) in [5.74, 6) is 1.000. The quantitative estimate of drug-likeness (QED) is 0.676. The van der Waals surface area contributed by atoms with Crippen LogP contribution in [-0.2, 0) is 6.42 Å². The van der Waals surface area contributed by atoms with Crippen LogP contribution >= 0.6 is 11.3 Å². The molecule has 0 spiro atoms. The third-order valence-electron chi connectivity index (χ3n) is 4.05. The van der Waals surface area contributed by atoms with Crippen LogP contribution in [0.2, 0.25) is 0 Å². The molecule has 0 saturated carbocycles. The first kappa shape index (κ1) is 18.8. The Labute approximate surface area is 162 Å². The van der Waals surface area contributed by atoms with Gasteiger partial charge in [0.15, 0.2) is 0 Å². The van der Waals surface area contributed by atoms with E-state index in [9.17, 15) is 4.79 Å². The summed E-state index contributed by atoms with van der Waals surface area (Å²) in [7, 11) is 3.12. The van der Waals surface area contributed by atoms with Crippen molar-refractivity contribution in [3.8, 4) is 22.1 Å². The van der Waals surface area contributed by atoms with E-state index >= 15 is 0 Å². The molecule has 7 heteroatoms. The molecular weight excluding hydrogens is 362 g/mol. The highest BCUT2D eigenvalue weighted by Crippen LogP contribution is 2.27. The van der Waals surface area contributed by atoms with E-state index in [1.807, 2.05) is 19.1 Å². The van der Waals surface area contributed by atoms with Gasteiger partial charge in [0.25, 0.3) is 5.91 Å². The monoisotopic (exact) mass is 383 g/mol. The molecule has 0 fully saturated rings. The van der Waals surface area contributed by atoms with Crippen molar-refractivity contribution in [1.29, 1.82) is 0 Å². The van der Waals surface area contributed by atoms with Gasteiger partial charge >= 0.3 is 0 Å². The van der Waals surface area contributed by atoms with Crippen LogP contribution in [0.4, 0.5) is 0 Å². The first-order chi connectivity index (χ1) is 13.1. The molecule has 0 radical (unpaired) electrons. The van der Waals surface area contributed by atoms with Crippen molar-refractivity contribution in [2.45, 2.75) is 13.3 Å². The van der Waals surface area contributed by atoms with E-state index in [1.165, 1.54) is 0 Å². The molecule has 3 aromatic rings. The van der Waals surface area contributed by atoms with Crippen molar-refractivity contribution in [2.75, 3.05) is 20.8 Å². The number of carbonyl (C=O) groups is 1. The fraction of sp³-hybridized carbons (Fsp3) is 0.250. The number of carbonyl (C=O) groups excluding carboxylic acids is 1. The average molecular weight is 383 g/mol. The average Bonchev–Trinajstić information content (AvgIpc) is 3.08. The van der Waals surface area contributed by atoms with E-state index in [1.54, 1.807) is 56.1 Å². The maximum atomic E-state index is 12.4. The van der Waals surface area contributed by atoms with Crippen molar-refractivity contribution in [1.82, 2.24) is 15.3 Å². The fourth-order valence-electron chi connectivity index (χ4n) is 2.60. The van der Waals surface area contributed by atoms with Crippen LogP contribution in [0.15, 0.2) is 42.7 Å². The zero-order valence-corrected chi connectivity index (χ0v) is 16.3. The fourth-order valence-corrected chi connectivity index (χ4v) is 3.65. The lowest BCUT2D eigenvalue weighted by Crippen LogP contribution is -2.25. The van der Waals surface area contributed by atoms with Gasteiger partial charge in [0, 0.05) is 47.4 Å². The predicted molar refractivity (Wildman–Crippen MR) is 106 cm³/mol. The first-order valence-corrected chi connectivity index (χ1v) is 9.30. The van der Waals surface area contributed by atoms with E-state index in [0.29, 0.717) is 23.6 Å². The smallest absolute Gasteiger partial charge is 0.251 e. The zero-order chi connectivity index (χ0) is 19.2. The number of methoxy groups -OCH3 is 2. The molecule has 0 aliphatic heterocycles. The molecule has 6 nitrogen and oxygen atoms in total. The summed E-state index contributed by atoms with van der Waals surface area (Å²) in [4.78, 5) is 22.3. The lowest BCUT2D eigenvalue weighted by atomic mass is 10.2. The summed E-state index contributed by atoms with van der Waals surface area (Å²) in [6.45, 7) is 2.51. The third-order valence-corrected chi connectivity index (χ3v) is 5.32. The number of ether oxygens (including phenoxy) is 2. The lowest BCUT2D eigenvalue weighted by molar-refractivity contribution is 0.0953. The van der Waals surface area contributed by atoms with Gasteiger partial charge in [-0.15, -0.1) is 11.3 Å². The summed E-state index contributed by atoms with van der Waals surface area (Å²) in [5, 5.41) is 3.89. The second kappa shape index (κ2) is 8.64. The van der Waals surface area contributed by atoms with Gasteiger partial charge in [-0.05, 0) is 31.2 Å². The lowest BCUT2D eigenvalue weighted by Gasteiger charge is -2.09. The van der Waals surface area contributed by atoms with Crippen molar-refractivity contribution in [3.63, 3.8) is 0 Å². The number of aryl methyl sites for hydroxylation is 1. The third kappa shape index (κ3) is 4.62. The Morgan fingerprint density at radius 2 is 1.93 bits per heavy atom. The summed E-state index contributed by atoms with van der Waals surface area (Å²) in [6, 6.07) is 9.01. The van der Waals surface area contributed by atoms with Crippen molar-refractivity contribution < 1.29 is 14.3 Å². The molecule has 2 aromatic heterocycles. The van der Waals surface area contributed by atoms with Crippen molar-refractivity contribution in [2.24, 2.45) is 0 Å². The van der Waals surface area contributed by atoms with Crippen LogP contribution in [0.1, 0.15) is 20.9 Å². The molecule has 1 amide bonds. The van der Waals surface area contributed by atoms with Crippen molar-refractivity contribution >= 4 is 17.2 Å². The van der Waals surface area contributed by atoms with Crippen LogP contribution in [0.3, 0.4) is 0 Å². The van der Waals surface area contributed by atoms with E-state index in [2.05, 4.69) is 15.3 Å². The van der Waals surface area contributed by atoms with Crippen LogP contribution in [0.25, 0.3) is 10.6 Å². The minimum Gasteiger partial charge on any atom is -0.497 e. The van der Waals surface area contributed by atoms with Gasteiger partial charge in [0.1, 0.15) is 16.5 Å². The second-order valence-electron chi connectivity index (χ2n) is 5.88. The van der Waals surface area contributed by atoms with Gasteiger partial charge in [-0.3, -0.25) is 9.78 Å². The van der Waals surface area contributed by atoms with Crippen LogP contribution in [0, 0.1) is 6.92 Å². The molecule has 0 unspecified atom stereocenters. The SMILES string of the molecule is COc1cc(OC)cc(C(=O)NCCc2sc(-c3cccnc3)nc2C)c1. The van der Waals surface area contributed by atoms with Gasteiger partial charge in [-0.1, -0.05) is 0 Å². The maximum absolute atomic E-state index is 12.4. The number of aromatic nitrogens is 2. The molecule has 2 heterocycles. The van der Waals surface area contributed by atoms with Gasteiger partial charge in [-0.25, -0.2) is 4.98 Å². The molecule has 140 valence electrons. The number of thiazole rings is 1. The number of rotatable bonds is 7. The largest absolute Gasteiger partial charge is 0.497 e. The molecular formula is C20H21N3O3S. The van der Waals surface area contributed by atoms with Crippen molar-refractivity contribution in [3.05, 3.63) is 58.9 Å². The highest BCUT2D eigenvalue weighted by atomic mass is 32.1. The summed E-state index contributed by atoms with van der Waals surface area (Å²) in [6.07, 6.45) is 4.27. The molecule has 0 aliphatic rings. The molecule has 1 aromatic carbocycles. The Balaban J connectivity index is 1.63. The summed E-state index contributed by atoms with van der Waals surface area (Å²) >= 11 is 1.63. The molecule has 1 N–H and O–H groups in total. The Bertz CT molecular complexity index is 903. The van der Waals surface area contributed by atoms with E-state index in [4.69, 9.17) is 9.47 Å². The normalized spacial score (nSPS) is 10.5. The number of nitrogens with one attached hydrogen (secondary N) is 1. The Kier molecular flexibility index (Phi) is 6.03. The van der Waals surface area contributed by atoms with Gasteiger partial charge in [0.05, 0.1) is 19.9 Å². The van der Waals surface area contributed by atoms with Crippen LogP contribution in [-0.4, -0.2) is 36.6 Å². The van der Waals surface area contributed by atoms with Gasteiger partial charge in [-0.2, -0.15) is 0 Å². The zero-order valence-electron chi connectivity index (χ0n) is 15.5. The Morgan fingerprint density at radius 1 is 1.19 bits per heavy atom. The van der Waals surface area contributed by atoms with E-state index in [0.717, 1.165) is 27.6 Å². The molecule has 27 heavy (non-hydrogen) atoms. The number of pyridine rings is 1. The van der Waals surface area contributed by atoms with Gasteiger partial charge in [0.2, 0.25) is 0 Å². The molecule has 0 aliphatic carbocycles. The molecule has 0 atom stereocenters. The number of hydrogen-bond donors (Lipinski definition) is 1. The maximum Gasteiger partial charge on any atom is 0.251 e. The Morgan fingerprint density at radius 3 is 2.56 bits per heavy atom. The highest BCUT2D eigenvalue weighted by Gasteiger charge is 2.12. The number of benzene rings is 1. The minimum atomic E-state index is -0.165. The Hall–Kier alpha value is -2.93. The highest BCUT2D eigenvalue weighted by molar-refractivity contribution is 7.15. The topological polar surface area (TPSA) is 73.3 Å². The molecule has 0 bridgehead atoms. The molecule has 0 saturated heterocycles. The van der Waals surface area contributed by atoms with Gasteiger partial charge < -0.3 is 14.8 Å². The second-order valence-corrected chi connectivity index (χ2v) is 6.96. The van der Waals surface area contributed by atoms with E-state index < -0.39 is 0 Å². The summed E-state index contributed by atoms with van der Waals surface area (Å²) < 4.78 is 10.4. The minimum absolute atomic E-state index is 0.165. The predicted octanol–water partition coefficient (Wildman–Crippen LogP) is 3.50. The van der Waals surface area contributed by atoms with Crippen LogP contribution in [0.5, 0.6) is 11.5 Å². The number of hydrogen-bond acceptors (Lipinski definition) is 6.